The van der Waals surface area contributed by atoms with Crippen molar-refractivity contribution in [3.63, 3.8) is 0 Å². The molecule has 60 valence electrons. The lowest BCUT2D eigenvalue weighted by molar-refractivity contribution is 1.59. The maximum Gasteiger partial charge on any atom is 0.0314 e. The summed E-state index contributed by atoms with van der Waals surface area (Å²) >= 11 is 3.31. The van der Waals surface area contributed by atoms with Crippen molar-refractivity contribution >= 4 is 22.0 Å². The minimum atomic E-state index is 0.853. The van der Waals surface area contributed by atoms with E-state index in [9.17, 15) is 0 Å². The van der Waals surface area contributed by atoms with Gasteiger partial charge in [-0.3, -0.25) is 0 Å². The largest absolute Gasteiger partial charge is 0.115 e. The summed E-state index contributed by atoms with van der Waals surface area (Å²) in [5.41, 5.74) is 2.04. The highest BCUT2D eigenvalue weighted by Crippen LogP contribution is 2.09. The van der Waals surface area contributed by atoms with Crippen molar-refractivity contribution in [2.75, 3.05) is 5.33 Å². The number of benzene rings is 1. The van der Waals surface area contributed by atoms with Gasteiger partial charge in [0, 0.05) is 10.9 Å². The van der Waals surface area contributed by atoms with Gasteiger partial charge in [0.25, 0.3) is 0 Å². The van der Waals surface area contributed by atoms with Crippen LogP contribution < -0.4 is 0 Å². The van der Waals surface area contributed by atoms with Crippen LogP contribution in [0.4, 0.5) is 0 Å². The molecule has 0 bridgehead atoms. The monoisotopic (exact) mass is 220 g/mol. The SMILES string of the molecule is C#Cc1ccccc1C=CCBr. The Hall–Kier alpha value is -1.00. The Morgan fingerprint density at radius 2 is 2.17 bits per heavy atom. The molecule has 0 saturated heterocycles. The molecule has 0 fully saturated rings. The highest BCUT2D eigenvalue weighted by atomic mass is 79.9. The molecule has 1 heteroatoms. The average Bonchev–Trinajstić information content (AvgIpc) is 2.15. The Balaban J connectivity index is 2.99. The van der Waals surface area contributed by atoms with Gasteiger partial charge in [-0.15, -0.1) is 6.42 Å². The molecule has 0 spiro atoms. The second kappa shape index (κ2) is 4.79. The molecular weight excluding hydrogens is 212 g/mol. The summed E-state index contributed by atoms with van der Waals surface area (Å²) in [6, 6.07) is 7.87. The number of halogens is 1. The Morgan fingerprint density at radius 3 is 2.83 bits per heavy atom. The maximum absolute atomic E-state index is 5.33. The van der Waals surface area contributed by atoms with Crippen LogP contribution in [0.15, 0.2) is 30.3 Å². The normalized spacial score (nSPS) is 10.0. The standard InChI is InChI=1S/C11H9Br/c1-2-10-6-3-4-7-11(10)8-5-9-12/h1,3-8H,9H2. The van der Waals surface area contributed by atoms with E-state index in [1.807, 2.05) is 36.4 Å². The van der Waals surface area contributed by atoms with Gasteiger partial charge < -0.3 is 0 Å². The van der Waals surface area contributed by atoms with E-state index in [1.54, 1.807) is 0 Å². The predicted molar refractivity (Wildman–Crippen MR) is 57.2 cm³/mol. The van der Waals surface area contributed by atoms with Crippen LogP contribution >= 0.6 is 15.9 Å². The molecule has 0 amide bonds. The summed E-state index contributed by atoms with van der Waals surface area (Å²) in [5.74, 6) is 2.64. The van der Waals surface area contributed by atoms with Crippen molar-refractivity contribution in [2.24, 2.45) is 0 Å². The third-order valence-electron chi connectivity index (χ3n) is 1.50. The molecule has 0 atom stereocenters. The predicted octanol–water partition coefficient (Wildman–Crippen LogP) is 3.08. The molecular formula is C11H9Br. The van der Waals surface area contributed by atoms with E-state index in [1.165, 1.54) is 0 Å². The van der Waals surface area contributed by atoms with Crippen LogP contribution in [0.3, 0.4) is 0 Å². The van der Waals surface area contributed by atoms with Crippen molar-refractivity contribution in [3.05, 3.63) is 41.5 Å². The van der Waals surface area contributed by atoms with Gasteiger partial charge in [0.15, 0.2) is 0 Å². The van der Waals surface area contributed by atoms with Gasteiger partial charge in [0.2, 0.25) is 0 Å². The lowest BCUT2D eigenvalue weighted by Gasteiger charge is -1.96. The fraction of sp³-hybridized carbons (Fsp3) is 0.0909. The van der Waals surface area contributed by atoms with Crippen LogP contribution in [0.2, 0.25) is 0 Å². The van der Waals surface area contributed by atoms with Gasteiger partial charge >= 0.3 is 0 Å². The van der Waals surface area contributed by atoms with Crippen molar-refractivity contribution in [1.29, 1.82) is 0 Å². The molecule has 1 aromatic carbocycles. The minimum Gasteiger partial charge on any atom is -0.115 e. The molecule has 0 heterocycles. The molecule has 0 saturated carbocycles. The smallest absolute Gasteiger partial charge is 0.0314 e. The van der Waals surface area contributed by atoms with Crippen molar-refractivity contribution in [3.8, 4) is 12.3 Å². The lowest BCUT2D eigenvalue weighted by atomic mass is 10.1. The van der Waals surface area contributed by atoms with E-state index < -0.39 is 0 Å². The molecule has 0 nitrogen and oxygen atoms in total. The van der Waals surface area contributed by atoms with Crippen molar-refractivity contribution in [2.45, 2.75) is 0 Å². The molecule has 0 N–H and O–H groups in total. The van der Waals surface area contributed by atoms with E-state index >= 15 is 0 Å². The van der Waals surface area contributed by atoms with Crippen LogP contribution in [-0.4, -0.2) is 5.33 Å². The number of allylic oxidation sites excluding steroid dienone is 1. The number of terminal acetylenes is 1. The third-order valence-corrected chi connectivity index (χ3v) is 1.88. The molecule has 0 aromatic heterocycles. The zero-order valence-corrected chi connectivity index (χ0v) is 8.21. The minimum absolute atomic E-state index is 0.853. The first kappa shape index (κ1) is 9.09. The Morgan fingerprint density at radius 1 is 1.42 bits per heavy atom. The molecule has 1 rings (SSSR count). The van der Waals surface area contributed by atoms with E-state index in [0.29, 0.717) is 0 Å². The van der Waals surface area contributed by atoms with Crippen LogP contribution in [0, 0.1) is 12.3 Å². The number of alkyl halides is 1. The van der Waals surface area contributed by atoms with Crippen LogP contribution in [-0.2, 0) is 0 Å². The maximum atomic E-state index is 5.33. The van der Waals surface area contributed by atoms with Crippen molar-refractivity contribution in [1.82, 2.24) is 0 Å². The second-order valence-corrected chi connectivity index (χ2v) is 2.94. The van der Waals surface area contributed by atoms with E-state index in [-0.39, 0.29) is 0 Å². The van der Waals surface area contributed by atoms with E-state index in [2.05, 4.69) is 21.9 Å². The first-order valence-corrected chi connectivity index (χ1v) is 4.79. The first-order chi connectivity index (χ1) is 5.88. The summed E-state index contributed by atoms with van der Waals surface area (Å²) in [4.78, 5) is 0. The molecule has 1 aromatic rings. The highest BCUT2D eigenvalue weighted by molar-refractivity contribution is 9.09. The molecule has 0 unspecified atom stereocenters. The number of rotatable bonds is 2. The molecule has 0 aliphatic rings. The van der Waals surface area contributed by atoms with Crippen LogP contribution in [0.1, 0.15) is 11.1 Å². The molecule has 0 radical (unpaired) electrons. The van der Waals surface area contributed by atoms with Crippen molar-refractivity contribution < 1.29 is 0 Å². The lowest BCUT2D eigenvalue weighted by Crippen LogP contribution is -1.79. The summed E-state index contributed by atoms with van der Waals surface area (Å²) in [6.45, 7) is 0. The molecule has 0 aliphatic carbocycles. The van der Waals surface area contributed by atoms with Gasteiger partial charge in [-0.05, 0) is 11.6 Å². The summed E-state index contributed by atoms with van der Waals surface area (Å²) in [5, 5.41) is 0.853. The third kappa shape index (κ3) is 2.25. The van der Waals surface area contributed by atoms with Gasteiger partial charge in [0.05, 0.1) is 0 Å². The Bertz CT molecular complexity index is 318. The Kier molecular flexibility index (Phi) is 3.63. The second-order valence-electron chi connectivity index (χ2n) is 2.29. The van der Waals surface area contributed by atoms with Crippen LogP contribution in [0.25, 0.3) is 6.08 Å². The molecule has 12 heavy (non-hydrogen) atoms. The summed E-state index contributed by atoms with van der Waals surface area (Å²) in [6.07, 6.45) is 9.37. The zero-order chi connectivity index (χ0) is 8.81. The summed E-state index contributed by atoms with van der Waals surface area (Å²) in [7, 11) is 0. The quantitative estimate of drug-likeness (QED) is 0.531. The van der Waals surface area contributed by atoms with Gasteiger partial charge in [-0.25, -0.2) is 0 Å². The average molecular weight is 221 g/mol. The van der Waals surface area contributed by atoms with E-state index in [4.69, 9.17) is 6.42 Å². The summed E-state index contributed by atoms with van der Waals surface area (Å²) < 4.78 is 0. The fourth-order valence-electron chi connectivity index (χ4n) is 0.945. The first-order valence-electron chi connectivity index (χ1n) is 3.66. The topological polar surface area (TPSA) is 0 Å². The zero-order valence-electron chi connectivity index (χ0n) is 6.63. The number of hydrogen-bond acceptors (Lipinski definition) is 0. The Labute approximate surface area is 81.4 Å². The van der Waals surface area contributed by atoms with E-state index in [0.717, 1.165) is 16.5 Å². The van der Waals surface area contributed by atoms with Gasteiger partial charge in [-0.2, -0.15) is 0 Å². The molecule has 0 aliphatic heterocycles. The van der Waals surface area contributed by atoms with Crippen LogP contribution in [0.5, 0.6) is 0 Å². The van der Waals surface area contributed by atoms with Gasteiger partial charge in [0.1, 0.15) is 0 Å². The highest BCUT2D eigenvalue weighted by Gasteiger charge is 1.91. The fourth-order valence-corrected chi connectivity index (χ4v) is 1.13. The van der Waals surface area contributed by atoms with Gasteiger partial charge in [-0.1, -0.05) is 52.2 Å². The number of hydrogen-bond donors (Lipinski definition) is 0.